The van der Waals surface area contributed by atoms with Crippen molar-refractivity contribution in [2.45, 2.75) is 12.5 Å². The first-order chi connectivity index (χ1) is 12.3. The molecule has 0 saturated carbocycles. The second-order valence-corrected chi connectivity index (χ2v) is 6.14. The molecular formula is C23H18O2. The molecule has 1 aliphatic heterocycles. The lowest BCUT2D eigenvalue weighted by Gasteiger charge is -2.24. The Kier molecular flexibility index (Phi) is 4.17. The third-order valence-electron chi connectivity index (χ3n) is 4.40. The maximum atomic E-state index is 12.2. The first-order valence-electron chi connectivity index (χ1n) is 8.41. The predicted octanol–water partition coefficient (Wildman–Crippen LogP) is 5.43. The second kappa shape index (κ2) is 6.78. The van der Waals surface area contributed by atoms with E-state index in [9.17, 15) is 4.79 Å². The maximum absolute atomic E-state index is 12.2. The molecule has 1 atom stereocenters. The van der Waals surface area contributed by atoms with Gasteiger partial charge in [-0.1, -0.05) is 84.9 Å². The zero-order chi connectivity index (χ0) is 17.1. The monoisotopic (exact) mass is 326 g/mol. The van der Waals surface area contributed by atoms with Crippen LogP contribution in [0.1, 0.15) is 23.7 Å². The van der Waals surface area contributed by atoms with Crippen molar-refractivity contribution in [2.75, 3.05) is 0 Å². The Morgan fingerprint density at radius 1 is 0.680 bits per heavy atom. The summed E-state index contributed by atoms with van der Waals surface area (Å²) in [7, 11) is 0. The Balaban J connectivity index is 1.58. The van der Waals surface area contributed by atoms with Crippen LogP contribution < -0.4 is 0 Å². The molecule has 3 aromatic rings. The molecular weight excluding hydrogens is 308 g/mol. The number of carbonyl (C=O) groups excluding carboxylic acids is 1. The summed E-state index contributed by atoms with van der Waals surface area (Å²) in [5.41, 5.74) is 4.29. The van der Waals surface area contributed by atoms with Gasteiger partial charge in [0.05, 0.1) is 6.42 Å². The summed E-state index contributed by atoms with van der Waals surface area (Å²) in [4.78, 5) is 12.2. The number of rotatable bonds is 3. The van der Waals surface area contributed by atoms with Gasteiger partial charge in [0.15, 0.2) is 5.78 Å². The van der Waals surface area contributed by atoms with E-state index in [1.807, 2.05) is 60.7 Å². The van der Waals surface area contributed by atoms with Crippen LogP contribution in [-0.4, -0.2) is 5.78 Å². The molecule has 0 aliphatic carbocycles. The lowest BCUT2D eigenvalue weighted by atomic mass is 9.97. The minimum atomic E-state index is -0.238. The molecule has 1 heterocycles. The van der Waals surface area contributed by atoms with Crippen molar-refractivity contribution in [3.05, 3.63) is 102 Å². The Morgan fingerprint density at radius 3 is 1.88 bits per heavy atom. The van der Waals surface area contributed by atoms with Crippen LogP contribution in [0.25, 0.3) is 16.9 Å². The molecule has 0 saturated heterocycles. The summed E-state index contributed by atoms with van der Waals surface area (Å²) in [5.74, 6) is 0.747. The highest BCUT2D eigenvalue weighted by Gasteiger charge is 2.24. The Hall–Kier alpha value is -3.13. The van der Waals surface area contributed by atoms with E-state index in [1.165, 1.54) is 5.56 Å². The highest BCUT2D eigenvalue weighted by Crippen LogP contribution is 2.33. The molecule has 1 unspecified atom stereocenters. The molecule has 0 radical (unpaired) electrons. The standard InChI is InChI=1S/C23H18O2/c24-21-15-22(19-9-5-2-6-10-19)25-23(16-21)20-13-11-18(12-14-20)17-7-3-1-4-8-17/h1-15,23H,16H2. The van der Waals surface area contributed by atoms with E-state index in [1.54, 1.807) is 6.08 Å². The minimum Gasteiger partial charge on any atom is -0.485 e. The number of ketones is 1. The van der Waals surface area contributed by atoms with Crippen LogP contribution in [0.5, 0.6) is 0 Å². The molecule has 4 rings (SSSR count). The molecule has 0 spiro atoms. The van der Waals surface area contributed by atoms with Gasteiger partial charge in [-0.15, -0.1) is 0 Å². The SMILES string of the molecule is O=C1C=C(c2ccccc2)OC(c2ccc(-c3ccccc3)cc2)C1. The molecule has 25 heavy (non-hydrogen) atoms. The molecule has 2 nitrogen and oxygen atoms in total. The largest absolute Gasteiger partial charge is 0.485 e. The van der Waals surface area contributed by atoms with Crippen molar-refractivity contribution in [2.24, 2.45) is 0 Å². The smallest absolute Gasteiger partial charge is 0.163 e. The van der Waals surface area contributed by atoms with Crippen LogP contribution in [-0.2, 0) is 9.53 Å². The number of carbonyl (C=O) groups is 1. The molecule has 0 bridgehead atoms. The van der Waals surface area contributed by atoms with Crippen LogP contribution in [0, 0.1) is 0 Å². The fourth-order valence-electron chi connectivity index (χ4n) is 3.08. The summed E-state index contributed by atoms with van der Waals surface area (Å²) in [6.45, 7) is 0. The summed E-state index contributed by atoms with van der Waals surface area (Å²) in [6, 6.07) is 28.3. The van der Waals surface area contributed by atoms with Gasteiger partial charge in [0.1, 0.15) is 11.9 Å². The van der Waals surface area contributed by atoms with Crippen LogP contribution in [0.15, 0.2) is 91.0 Å². The third kappa shape index (κ3) is 3.38. The van der Waals surface area contributed by atoms with Crippen molar-refractivity contribution in [1.29, 1.82) is 0 Å². The minimum absolute atomic E-state index is 0.0993. The molecule has 2 heteroatoms. The van der Waals surface area contributed by atoms with Gasteiger partial charge < -0.3 is 4.74 Å². The molecule has 122 valence electrons. The summed E-state index contributed by atoms with van der Waals surface area (Å²) in [5, 5.41) is 0. The second-order valence-electron chi connectivity index (χ2n) is 6.14. The van der Waals surface area contributed by atoms with E-state index in [4.69, 9.17) is 4.74 Å². The van der Waals surface area contributed by atoms with E-state index < -0.39 is 0 Å². The van der Waals surface area contributed by atoms with Gasteiger partial charge >= 0.3 is 0 Å². The third-order valence-corrected chi connectivity index (χ3v) is 4.40. The molecule has 0 N–H and O–H groups in total. The molecule has 0 aromatic heterocycles. The van der Waals surface area contributed by atoms with Crippen molar-refractivity contribution >= 4 is 11.5 Å². The Morgan fingerprint density at radius 2 is 1.24 bits per heavy atom. The summed E-state index contributed by atoms with van der Waals surface area (Å²) in [6.07, 6.45) is 1.74. The van der Waals surface area contributed by atoms with Crippen LogP contribution in [0.2, 0.25) is 0 Å². The van der Waals surface area contributed by atoms with E-state index >= 15 is 0 Å². The van der Waals surface area contributed by atoms with Gasteiger partial charge in [-0.2, -0.15) is 0 Å². The predicted molar refractivity (Wildman–Crippen MR) is 99.7 cm³/mol. The van der Waals surface area contributed by atoms with Crippen molar-refractivity contribution in [1.82, 2.24) is 0 Å². The van der Waals surface area contributed by atoms with E-state index in [-0.39, 0.29) is 11.9 Å². The molecule has 3 aromatic carbocycles. The summed E-state index contributed by atoms with van der Waals surface area (Å²) < 4.78 is 6.11. The quantitative estimate of drug-likeness (QED) is 0.642. The van der Waals surface area contributed by atoms with Crippen molar-refractivity contribution < 1.29 is 9.53 Å². The van der Waals surface area contributed by atoms with Gasteiger partial charge in [-0.05, 0) is 16.7 Å². The Bertz CT molecular complexity index is 894. The van der Waals surface area contributed by atoms with Gasteiger partial charge in [0.25, 0.3) is 0 Å². The van der Waals surface area contributed by atoms with Crippen LogP contribution >= 0.6 is 0 Å². The number of benzene rings is 3. The zero-order valence-electron chi connectivity index (χ0n) is 13.8. The molecule has 0 fully saturated rings. The van der Waals surface area contributed by atoms with E-state index in [2.05, 4.69) is 24.3 Å². The maximum Gasteiger partial charge on any atom is 0.163 e. The number of ether oxygens (including phenoxy) is 1. The molecule has 0 amide bonds. The highest BCUT2D eigenvalue weighted by molar-refractivity contribution is 5.97. The molecule has 1 aliphatic rings. The van der Waals surface area contributed by atoms with Crippen LogP contribution in [0.3, 0.4) is 0 Å². The normalized spacial score (nSPS) is 16.9. The number of hydrogen-bond acceptors (Lipinski definition) is 2. The summed E-state index contributed by atoms with van der Waals surface area (Å²) >= 11 is 0. The Labute approximate surface area is 147 Å². The lowest BCUT2D eigenvalue weighted by molar-refractivity contribution is -0.117. The fraction of sp³-hybridized carbons (Fsp3) is 0.0870. The van der Waals surface area contributed by atoms with E-state index in [0.29, 0.717) is 12.2 Å². The van der Waals surface area contributed by atoms with Crippen LogP contribution in [0.4, 0.5) is 0 Å². The highest BCUT2D eigenvalue weighted by atomic mass is 16.5. The van der Waals surface area contributed by atoms with Gasteiger partial charge in [-0.25, -0.2) is 0 Å². The van der Waals surface area contributed by atoms with Gasteiger partial charge in [-0.3, -0.25) is 4.79 Å². The zero-order valence-corrected chi connectivity index (χ0v) is 13.8. The first kappa shape index (κ1) is 15.4. The first-order valence-corrected chi connectivity index (χ1v) is 8.41. The van der Waals surface area contributed by atoms with E-state index in [0.717, 1.165) is 16.7 Å². The van der Waals surface area contributed by atoms with Gasteiger partial charge in [0.2, 0.25) is 0 Å². The van der Waals surface area contributed by atoms with Crippen molar-refractivity contribution in [3.63, 3.8) is 0 Å². The average molecular weight is 326 g/mol. The fourth-order valence-corrected chi connectivity index (χ4v) is 3.08. The number of hydrogen-bond donors (Lipinski definition) is 0. The topological polar surface area (TPSA) is 26.3 Å². The number of allylic oxidation sites excluding steroid dienone is 1. The van der Waals surface area contributed by atoms with Gasteiger partial charge in [0, 0.05) is 11.6 Å². The van der Waals surface area contributed by atoms with Crippen molar-refractivity contribution in [3.8, 4) is 11.1 Å². The average Bonchev–Trinajstić information content (AvgIpc) is 2.69. The lowest BCUT2D eigenvalue weighted by Crippen LogP contribution is -2.15.